The van der Waals surface area contributed by atoms with E-state index in [1.807, 2.05) is 0 Å². The number of unbranched alkanes of at least 4 members (excludes halogenated alkanes) is 6. The second-order valence-electron chi connectivity index (χ2n) is 4.92. The molecule has 1 rings (SSSR count). The van der Waals surface area contributed by atoms with E-state index >= 15 is 0 Å². The van der Waals surface area contributed by atoms with Crippen molar-refractivity contribution in [1.29, 1.82) is 0 Å². The van der Waals surface area contributed by atoms with Gasteiger partial charge in [-0.1, -0.05) is 57.0 Å². The fourth-order valence-electron chi connectivity index (χ4n) is 1.99. The highest BCUT2D eigenvalue weighted by atomic mass is 35.5. The zero-order chi connectivity index (χ0) is 14.8. The third-order valence-electron chi connectivity index (χ3n) is 3.18. The lowest BCUT2D eigenvalue weighted by Crippen LogP contribution is -2.00. The summed E-state index contributed by atoms with van der Waals surface area (Å²) in [4.78, 5) is 10.8. The molecule has 0 aliphatic rings. The lowest BCUT2D eigenvalue weighted by Gasteiger charge is -2.08. The molecular weight excluding hydrogens is 276 g/mol. The molecule has 0 bridgehead atoms. The van der Waals surface area contributed by atoms with Crippen LogP contribution in [0, 0.1) is 0 Å². The van der Waals surface area contributed by atoms with Gasteiger partial charge in [0.25, 0.3) is 0 Å². The molecule has 3 nitrogen and oxygen atoms in total. The fraction of sp³-hybridized carbons (Fsp3) is 0.562. The van der Waals surface area contributed by atoms with Crippen LogP contribution < -0.4 is 4.74 Å². The summed E-state index contributed by atoms with van der Waals surface area (Å²) >= 11 is 5.98. The third-order valence-corrected chi connectivity index (χ3v) is 3.48. The summed E-state index contributed by atoms with van der Waals surface area (Å²) in [5.74, 6) is -0.423. The maximum Gasteiger partial charge on any atom is 0.335 e. The molecule has 0 unspecified atom stereocenters. The quantitative estimate of drug-likeness (QED) is 0.606. The molecule has 0 fully saturated rings. The topological polar surface area (TPSA) is 46.5 Å². The molecule has 0 aliphatic heterocycles. The van der Waals surface area contributed by atoms with Crippen LogP contribution in [-0.4, -0.2) is 17.7 Å². The fourth-order valence-corrected chi connectivity index (χ4v) is 2.23. The first-order chi connectivity index (χ1) is 9.65. The van der Waals surface area contributed by atoms with E-state index in [2.05, 4.69) is 6.92 Å². The average Bonchev–Trinajstić information content (AvgIpc) is 2.43. The predicted octanol–water partition coefficient (Wildman–Crippen LogP) is 5.17. The second-order valence-corrected chi connectivity index (χ2v) is 5.33. The van der Waals surface area contributed by atoms with Crippen molar-refractivity contribution in [3.05, 3.63) is 28.8 Å². The van der Waals surface area contributed by atoms with Crippen LogP contribution in [0.2, 0.25) is 5.02 Å². The molecule has 0 saturated heterocycles. The molecule has 112 valence electrons. The largest absolute Gasteiger partial charge is 0.492 e. The Kier molecular flexibility index (Phi) is 8.12. The molecule has 0 amide bonds. The highest BCUT2D eigenvalue weighted by Gasteiger charge is 2.07. The van der Waals surface area contributed by atoms with Crippen molar-refractivity contribution in [2.45, 2.75) is 51.9 Å². The van der Waals surface area contributed by atoms with Gasteiger partial charge in [0.05, 0.1) is 17.2 Å². The van der Waals surface area contributed by atoms with E-state index in [0.29, 0.717) is 17.4 Å². The van der Waals surface area contributed by atoms with Crippen LogP contribution in [0.3, 0.4) is 0 Å². The van der Waals surface area contributed by atoms with Crippen LogP contribution in [0.25, 0.3) is 0 Å². The number of halogens is 1. The maximum absolute atomic E-state index is 10.8. The summed E-state index contributed by atoms with van der Waals surface area (Å²) in [5.41, 5.74) is 0.179. The smallest absolute Gasteiger partial charge is 0.335 e. The number of ether oxygens (including phenoxy) is 1. The molecule has 0 radical (unpaired) electrons. The molecule has 0 aromatic heterocycles. The SMILES string of the molecule is CCCCCCCCCOc1ccc(C(=O)O)cc1Cl. The number of hydrogen-bond donors (Lipinski definition) is 1. The van der Waals surface area contributed by atoms with Crippen molar-refractivity contribution >= 4 is 17.6 Å². The van der Waals surface area contributed by atoms with Gasteiger partial charge in [-0.15, -0.1) is 0 Å². The molecule has 0 saturated carbocycles. The van der Waals surface area contributed by atoms with Crippen LogP contribution in [0.15, 0.2) is 18.2 Å². The molecule has 1 aromatic carbocycles. The first-order valence-electron chi connectivity index (χ1n) is 7.30. The number of carboxylic acids is 1. The number of rotatable bonds is 10. The number of benzene rings is 1. The zero-order valence-corrected chi connectivity index (χ0v) is 12.8. The van der Waals surface area contributed by atoms with Crippen molar-refractivity contribution in [2.75, 3.05) is 6.61 Å². The number of hydrogen-bond acceptors (Lipinski definition) is 2. The molecule has 4 heteroatoms. The van der Waals surface area contributed by atoms with E-state index in [1.165, 1.54) is 44.2 Å². The van der Waals surface area contributed by atoms with Gasteiger partial charge in [-0.2, -0.15) is 0 Å². The molecule has 0 spiro atoms. The Hall–Kier alpha value is -1.22. The Morgan fingerprint density at radius 2 is 1.80 bits per heavy atom. The molecular formula is C16H23ClO3. The number of carbonyl (C=O) groups is 1. The van der Waals surface area contributed by atoms with Crippen LogP contribution in [-0.2, 0) is 0 Å². The summed E-state index contributed by atoms with van der Waals surface area (Å²) in [6.07, 6.45) is 8.62. The summed E-state index contributed by atoms with van der Waals surface area (Å²) in [6.45, 7) is 2.84. The van der Waals surface area contributed by atoms with E-state index in [1.54, 1.807) is 6.07 Å². The van der Waals surface area contributed by atoms with Gasteiger partial charge in [0.2, 0.25) is 0 Å². The van der Waals surface area contributed by atoms with Gasteiger partial charge in [-0.05, 0) is 24.6 Å². The zero-order valence-electron chi connectivity index (χ0n) is 12.0. The van der Waals surface area contributed by atoms with E-state index in [9.17, 15) is 4.79 Å². The standard InChI is InChI=1S/C16H23ClO3/c1-2-3-4-5-6-7-8-11-20-15-10-9-13(16(18)19)12-14(15)17/h9-10,12H,2-8,11H2,1H3,(H,18,19). The molecule has 0 heterocycles. The molecule has 0 aliphatic carbocycles. The molecule has 0 atom stereocenters. The number of carboxylic acid groups (broad SMARTS) is 1. The van der Waals surface area contributed by atoms with Crippen LogP contribution in [0.5, 0.6) is 5.75 Å². The van der Waals surface area contributed by atoms with Gasteiger partial charge in [0, 0.05) is 0 Å². The first kappa shape index (κ1) is 16.8. The van der Waals surface area contributed by atoms with E-state index in [4.69, 9.17) is 21.4 Å². The minimum atomic E-state index is -0.981. The molecule has 20 heavy (non-hydrogen) atoms. The highest BCUT2D eigenvalue weighted by molar-refractivity contribution is 6.32. The van der Waals surface area contributed by atoms with Gasteiger partial charge in [0.1, 0.15) is 5.75 Å². The Morgan fingerprint density at radius 3 is 2.40 bits per heavy atom. The van der Waals surface area contributed by atoms with E-state index in [-0.39, 0.29) is 5.56 Å². The highest BCUT2D eigenvalue weighted by Crippen LogP contribution is 2.25. The van der Waals surface area contributed by atoms with Crippen LogP contribution >= 0.6 is 11.6 Å². The van der Waals surface area contributed by atoms with Crippen molar-refractivity contribution in [2.24, 2.45) is 0 Å². The first-order valence-corrected chi connectivity index (χ1v) is 7.68. The number of aromatic carboxylic acids is 1. The van der Waals surface area contributed by atoms with Crippen molar-refractivity contribution in [3.63, 3.8) is 0 Å². The Morgan fingerprint density at radius 1 is 1.15 bits per heavy atom. The Balaban J connectivity index is 2.20. The van der Waals surface area contributed by atoms with Crippen molar-refractivity contribution < 1.29 is 14.6 Å². The van der Waals surface area contributed by atoms with Gasteiger partial charge in [-0.3, -0.25) is 0 Å². The summed E-state index contributed by atoms with van der Waals surface area (Å²) in [7, 11) is 0. The normalized spacial score (nSPS) is 10.5. The van der Waals surface area contributed by atoms with Gasteiger partial charge in [0.15, 0.2) is 0 Å². The molecule has 1 N–H and O–H groups in total. The van der Waals surface area contributed by atoms with Crippen molar-refractivity contribution in [1.82, 2.24) is 0 Å². The van der Waals surface area contributed by atoms with Gasteiger partial charge < -0.3 is 9.84 Å². The monoisotopic (exact) mass is 298 g/mol. The maximum atomic E-state index is 10.8. The third kappa shape index (κ3) is 6.29. The Bertz CT molecular complexity index is 418. The Labute approximate surface area is 125 Å². The molecule has 1 aromatic rings. The van der Waals surface area contributed by atoms with E-state index in [0.717, 1.165) is 12.8 Å². The average molecular weight is 299 g/mol. The second kappa shape index (κ2) is 9.65. The van der Waals surface area contributed by atoms with Crippen LogP contribution in [0.1, 0.15) is 62.2 Å². The summed E-state index contributed by atoms with van der Waals surface area (Å²) in [6, 6.07) is 4.55. The lowest BCUT2D eigenvalue weighted by molar-refractivity contribution is 0.0697. The van der Waals surface area contributed by atoms with Crippen molar-refractivity contribution in [3.8, 4) is 5.75 Å². The lowest BCUT2D eigenvalue weighted by atomic mass is 10.1. The minimum absolute atomic E-state index is 0.179. The van der Waals surface area contributed by atoms with Crippen LogP contribution in [0.4, 0.5) is 0 Å². The minimum Gasteiger partial charge on any atom is -0.492 e. The van der Waals surface area contributed by atoms with Gasteiger partial charge in [-0.25, -0.2) is 4.79 Å². The predicted molar refractivity (Wildman–Crippen MR) is 81.9 cm³/mol. The summed E-state index contributed by atoms with van der Waals surface area (Å²) < 4.78 is 5.57. The van der Waals surface area contributed by atoms with E-state index < -0.39 is 5.97 Å². The van der Waals surface area contributed by atoms with Gasteiger partial charge >= 0.3 is 5.97 Å². The summed E-state index contributed by atoms with van der Waals surface area (Å²) in [5, 5.41) is 9.19.